The molecule has 0 bridgehead atoms. The summed E-state index contributed by atoms with van der Waals surface area (Å²) < 4.78 is 5.61. The van der Waals surface area contributed by atoms with Crippen LogP contribution < -0.4 is 4.74 Å². The Morgan fingerprint density at radius 3 is 2.79 bits per heavy atom. The van der Waals surface area contributed by atoms with Crippen molar-refractivity contribution in [2.24, 2.45) is 11.8 Å². The molecule has 1 aromatic carbocycles. The highest BCUT2D eigenvalue weighted by molar-refractivity contribution is 5.66. The number of carboxylic acid groups (broad SMARTS) is 1. The number of likely N-dealkylation sites (tertiary alicyclic amines) is 1. The number of para-hydroxylation sites is 1. The van der Waals surface area contributed by atoms with Crippen LogP contribution in [0.3, 0.4) is 0 Å². The summed E-state index contributed by atoms with van der Waals surface area (Å²) in [5.74, 6) is 1.72. The van der Waals surface area contributed by atoms with E-state index in [4.69, 9.17) is 9.84 Å². The van der Waals surface area contributed by atoms with Crippen LogP contribution in [0.4, 0.5) is 0 Å². The molecule has 4 rings (SSSR count). The topological polar surface area (TPSA) is 53.0 Å². The monoisotopic (exact) mass is 386 g/mol. The predicted molar refractivity (Wildman–Crippen MR) is 109 cm³/mol. The van der Waals surface area contributed by atoms with Gasteiger partial charge in [-0.3, -0.25) is 14.6 Å². The molecule has 0 radical (unpaired) electrons. The smallest absolute Gasteiger partial charge is 0.303 e. The van der Waals surface area contributed by atoms with Gasteiger partial charge in [-0.15, -0.1) is 0 Å². The van der Waals surface area contributed by atoms with Crippen LogP contribution in [0.25, 0.3) is 0 Å². The highest BCUT2D eigenvalue weighted by atomic mass is 16.5. The van der Waals surface area contributed by atoms with E-state index in [-0.39, 0.29) is 6.42 Å². The van der Waals surface area contributed by atoms with Crippen molar-refractivity contribution in [1.29, 1.82) is 0 Å². The van der Waals surface area contributed by atoms with Crippen molar-refractivity contribution in [3.05, 3.63) is 29.8 Å². The first-order valence-electron chi connectivity index (χ1n) is 11.0. The zero-order valence-corrected chi connectivity index (χ0v) is 17.1. The van der Waals surface area contributed by atoms with Crippen molar-refractivity contribution in [3.63, 3.8) is 0 Å². The molecule has 0 saturated carbocycles. The lowest BCUT2D eigenvalue weighted by Crippen LogP contribution is -2.64. The van der Waals surface area contributed by atoms with Crippen LogP contribution in [0.15, 0.2) is 24.3 Å². The van der Waals surface area contributed by atoms with Gasteiger partial charge in [0.25, 0.3) is 0 Å². The highest BCUT2D eigenvalue weighted by Crippen LogP contribution is 2.44. The lowest BCUT2D eigenvalue weighted by atomic mass is 9.69. The molecule has 0 unspecified atom stereocenters. The minimum atomic E-state index is -0.673. The lowest BCUT2D eigenvalue weighted by Gasteiger charge is -2.57. The maximum Gasteiger partial charge on any atom is 0.303 e. The summed E-state index contributed by atoms with van der Waals surface area (Å²) >= 11 is 0. The third kappa shape index (κ3) is 4.06. The molecule has 0 aromatic heterocycles. The van der Waals surface area contributed by atoms with E-state index in [9.17, 15) is 4.79 Å². The van der Waals surface area contributed by atoms with Crippen molar-refractivity contribution >= 4 is 5.97 Å². The van der Waals surface area contributed by atoms with E-state index in [2.05, 4.69) is 21.9 Å². The van der Waals surface area contributed by atoms with Crippen molar-refractivity contribution in [2.75, 3.05) is 26.7 Å². The standard InChI is InChI=1S/C23H34N2O3/c1-28-21-11-3-2-7-17(21)15-25-16-18-8-5-13-24-14-6-9-19(23(18)24)20(25)10-4-12-22(26)27/h2-3,7,11,18-20,23H,4-6,8-10,12-16H2,1H3,(H,26,27)/t18-,19-,20-,23+/m1/s1. The molecule has 3 aliphatic heterocycles. The van der Waals surface area contributed by atoms with E-state index in [1.165, 1.54) is 44.3 Å². The molecular weight excluding hydrogens is 352 g/mol. The van der Waals surface area contributed by atoms with Crippen LogP contribution in [0.2, 0.25) is 0 Å². The van der Waals surface area contributed by atoms with Crippen molar-refractivity contribution in [2.45, 2.75) is 63.6 Å². The molecule has 28 heavy (non-hydrogen) atoms. The van der Waals surface area contributed by atoms with Crippen molar-refractivity contribution in [3.8, 4) is 5.75 Å². The molecule has 154 valence electrons. The second-order valence-electron chi connectivity index (χ2n) is 8.83. The van der Waals surface area contributed by atoms with E-state index in [1.807, 2.05) is 12.1 Å². The van der Waals surface area contributed by atoms with Crippen LogP contribution >= 0.6 is 0 Å². The zero-order valence-electron chi connectivity index (χ0n) is 17.1. The largest absolute Gasteiger partial charge is 0.496 e. The van der Waals surface area contributed by atoms with Gasteiger partial charge in [-0.2, -0.15) is 0 Å². The average Bonchev–Trinajstić information content (AvgIpc) is 2.70. The Morgan fingerprint density at radius 2 is 2.00 bits per heavy atom. The average molecular weight is 387 g/mol. The van der Waals surface area contributed by atoms with Crippen molar-refractivity contribution in [1.82, 2.24) is 9.80 Å². The molecular formula is C23H34N2O3. The molecule has 0 amide bonds. The number of hydrogen-bond acceptors (Lipinski definition) is 4. The maximum absolute atomic E-state index is 11.1. The molecule has 3 aliphatic rings. The summed E-state index contributed by atoms with van der Waals surface area (Å²) in [6.45, 7) is 4.55. The molecule has 5 nitrogen and oxygen atoms in total. The summed E-state index contributed by atoms with van der Waals surface area (Å²) in [5, 5.41) is 9.14. The van der Waals surface area contributed by atoms with Gasteiger partial charge in [-0.05, 0) is 69.5 Å². The van der Waals surface area contributed by atoms with Gasteiger partial charge in [0.2, 0.25) is 0 Å². The van der Waals surface area contributed by atoms with Crippen molar-refractivity contribution < 1.29 is 14.6 Å². The molecule has 1 aromatic rings. The number of piperidine rings is 3. The Morgan fingerprint density at radius 1 is 1.21 bits per heavy atom. The molecule has 0 aliphatic carbocycles. The summed E-state index contributed by atoms with van der Waals surface area (Å²) in [7, 11) is 1.75. The Bertz CT molecular complexity index is 678. The van der Waals surface area contributed by atoms with Crippen LogP contribution in [-0.2, 0) is 11.3 Å². The molecule has 1 N–H and O–H groups in total. The van der Waals surface area contributed by atoms with Crippen LogP contribution in [0, 0.1) is 11.8 Å². The third-order valence-corrected chi connectivity index (χ3v) is 7.24. The number of benzene rings is 1. The number of nitrogens with zero attached hydrogens (tertiary/aromatic N) is 2. The van der Waals surface area contributed by atoms with E-state index in [1.54, 1.807) is 7.11 Å². The number of ether oxygens (including phenoxy) is 1. The summed E-state index contributed by atoms with van der Waals surface area (Å²) in [5.41, 5.74) is 1.25. The second kappa shape index (κ2) is 8.83. The van der Waals surface area contributed by atoms with E-state index in [0.29, 0.717) is 18.0 Å². The number of aliphatic carboxylic acids is 1. The SMILES string of the molecule is COc1ccccc1CN1C[C@H]2CCCN3CCC[C@@H]([C@H]23)[C@H]1CCCC(=O)O. The van der Waals surface area contributed by atoms with Gasteiger partial charge in [-0.25, -0.2) is 0 Å². The van der Waals surface area contributed by atoms with Gasteiger partial charge >= 0.3 is 5.97 Å². The number of carboxylic acids is 1. The fraction of sp³-hybridized carbons (Fsp3) is 0.696. The van der Waals surface area contributed by atoms with Gasteiger partial charge in [0.1, 0.15) is 5.75 Å². The Hall–Kier alpha value is -1.59. The lowest BCUT2D eigenvalue weighted by molar-refractivity contribution is -0.137. The summed E-state index contributed by atoms with van der Waals surface area (Å²) in [6, 6.07) is 9.53. The van der Waals surface area contributed by atoms with Crippen LogP contribution in [0.1, 0.15) is 50.5 Å². The van der Waals surface area contributed by atoms with Gasteiger partial charge in [0.05, 0.1) is 7.11 Å². The quantitative estimate of drug-likeness (QED) is 0.776. The highest BCUT2D eigenvalue weighted by Gasteiger charge is 2.48. The van der Waals surface area contributed by atoms with Gasteiger partial charge in [0, 0.05) is 37.2 Å². The zero-order chi connectivity index (χ0) is 19.5. The Kier molecular flexibility index (Phi) is 6.22. The molecule has 3 heterocycles. The minimum absolute atomic E-state index is 0.281. The van der Waals surface area contributed by atoms with E-state index in [0.717, 1.165) is 37.6 Å². The first kappa shape index (κ1) is 19.7. The second-order valence-corrected chi connectivity index (χ2v) is 8.83. The first-order valence-corrected chi connectivity index (χ1v) is 11.0. The van der Waals surface area contributed by atoms with Gasteiger partial charge in [0.15, 0.2) is 0 Å². The van der Waals surface area contributed by atoms with E-state index >= 15 is 0 Å². The number of rotatable bonds is 7. The van der Waals surface area contributed by atoms with E-state index < -0.39 is 5.97 Å². The fourth-order valence-electron chi connectivity index (χ4n) is 6.18. The third-order valence-electron chi connectivity index (χ3n) is 7.24. The van der Waals surface area contributed by atoms with Crippen LogP contribution in [0.5, 0.6) is 5.75 Å². The predicted octanol–water partition coefficient (Wildman–Crippen LogP) is 3.62. The van der Waals surface area contributed by atoms with Gasteiger partial charge < -0.3 is 9.84 Å². The maximum atomic E-state index is 11.1. The normalized spacial score (nSPS) is 30.6. The fourth-order valence-corrected chi connectivity index (χ4v) is 6.18. The summed E-state index contributed by atoms with van der Waals surface area (Å²) in [4.78, 5) is 16.5. The number of carbonyl (C=O) groups is 1. The number of methoxy groups -OCH3 is 1. The Labute approximate surface area is 168 Å². The molecule has 5 heteroatoms. The Balaban J connectivity index is 1.57. The number of hydrogen-bond donors (Lipinski definition) is 1. The first-order chi connectivity index (χ1) is 13.7. The molecule has 3 fully saturated rings. The van der Waals surface area contributed by atoms with Crippen LogP contribution in [-0.4, -0.2) is 59.7 Å². The summed E-state index contributed by atoms with van der Waals surface area (Å²) in [6.07, 6.45) is 7.27. The van der Waals surface area contributed by atoms with Gasteiger partial charge in [-0.1, -0.05) is 18.2 Å². The molecule has 0 spiro atoms. The molecule has 4 atom stereocenters. The molecule has 3 saturated heterocycles. The minimum Gasteiger partial charge on any atom is -0.496 e.